The highest BCUT2D eigenvalue weighted by Gasteiger charge is 2.39. The first-order valence-electron chi connectivity index (χ1n) is 9.73. The lowest BCUT2D eigenvalue weighted by Gasteiger charge is -2.38. The summed E-state index contributed by atoms with van der Waals surface area (Å²) < 4.78 is 18.1. The van der Waals surface area contributed by atoms with Gasteiger partial charge in [0.1, 0.15) is 18.0 Å². The molecular weight excluding hydrogens is 356 g/mol. The second-order valence-electron chi connectivity index (χ2n) is 9.88. The minimum atomic E-state index is -1.89. The highest BCUT2D eigenvalue weighted by molar-refractivity contribution is 6.74. The van der Waals surface area contributed by atoms with Crippen LogP contribution in [0.2, 0.25) is 18.1 Å². The summed E-state index contributed by atoms with van der Waals surface area (Å²) in [6, 6.07) is 8.08. The van der Waals surface area contributed by atoms with Crippen LogP contribution in [0.4, 0.5) is 0 Å². The van der Waals surface area contributed by atoms with E-state index < -0.39 is 26.8 Å². The molecule has 0 bridgehead atoms. The van der Waals surface area contributed by atoms with Gasteiger partial charge in [0.25, 0.3) is 0 Å². The monoisotopic (exact) mass is 392 g/mol. The molecule has 0 saturated heterocycles. The van der Waals surface area contributed by atoms with Crippen molar-refractivity contribution in [2.24, 2.45) is 0 Å². The highest BCUT2D eigenvalue weighted by atomic mass is 28.4. The molecule has 1 heterocycles. The minimum Gasteiger partial charge on any atom is -0.461 e. The van der Waals surface area contributed by atoms with Gasteiger partial charge in [-0.2, -0.15) is 0 Å². The number of aliphatic hydroxyl groups is 1. The predicted molar refractivity (Wildman–Crippen MR) is 113 cm³/mol. The fourth-order valence-corrected chi connectivity index (χ4v) is 3.52. The molecule has 1 aliphatic heterocycles. The van der Waals surface area contributed by atoms with E-state index >= 15 is 0 Å². The van der Waals surface area contributed by atoms with Crippen LogP contribution in [0.15, 0.2) is 36.4 Å². The zero-order valence-electron chi connectivity index (χ0n) is 18.1. The summed E-state index contributed by atoms with van der Waals surface area (Å²) in [5, 5.41) is 10.4. The molecule has 2 rings (SSSR count). The molecule has 5 heteroatoms. The lowest BCUT2D eigenvalue weighted by atomic mass is 9.87. The molecule has 4 nitrogen and oxygen atoms in total. The lowest BCUT2D eigenvalue weighted by Crippen LogP contribution is -2.47. The van der Waals surface area contributed by atoms with Crippen molar-refractivity contribution in [1.82, 2.24) is 0 Å². The molecule has 0 aliphatic carbocycles. The molecule has 1 N–H and O–H groups in total. The normalized spacial score (nSPS) is 24.1. The smallest absolute Gasteiger partial charge is 0.220 e. The van der Waals surface area contributed by atoms with Crippen LogP contribution in [-0.2, 0) is 14.6 Å². The fourth-order valence-electron chi connectivity index (χ4n) is 2.51. The van der Waals surface area contributed by atoms with Crippen molar-refractivity contribution in [3.05, 3.63) is 42.0 Å². The Hall–Kier alpha value is -1.14. The molecule has 0 saturated carbocycles. The van der Waals surface area contributed by atoms with Gasteiger partial charge in [-0.05, 0) is 47.3 Å². The SMILES string of the molecule is CC(C)(C)c1ccc(O[C@H]2C=C[C@H](O)[C@@H](CO[Si](C)(C)C(C)(C)C)O2)cc1. The second-order valence-corrected chi connectivity index (χ2v) is 14.7. The van der Waals surface area contributed by atoms with Crippen LogP contribution >= 0.6 is 0 Å². The third kappa shape index (κ3) is 5.91. The summed E-state index contributed by atoms with van der Waals surface area (Å²) in [7, 11) is -1.89. The average molecular weight is 393 g/mol. The molecule has 0 fully saturated rings. The summed E-state index contributed by atoms with van der Waals surface area (Å²) in [6.45, 7) is 17.9. The van der Waals surface area contributed by atoms with E-state index in [1.165, 1.54) is 5.56 Å². The van der Waals surface area contributed by atoms with E-state index in [2.05, 4.69) is 66.8 Å². The van der Waals surface area contributed by atoms with Gasteiger partial charge in [0, 0.05) is 0 Å². The molecule has 1 aromatic carbocycles. The third-order valence-corrected chi connectivity index (χ3v) is 10.0. The van der Waals surface area contributed by atoms with Crippen molar-refractivity contribution < 1.29 is 19.0 Å². The largest absolute Gasteiger partial charge is 0.461 e. The van der Waals surface area contributed by atoms with E-state index in [0.717, 1.165) is 5.75 Å². The van der Waals surface area contributed by atoms with Crippen molar-refractivity contribution in [3.63, 3.8) is 0 Å². The number of hydrogen-bond acceptors (Lipinski definition) is 4. The predicted octanol–water partition coefficient (Wildman–Crippen LogP) is 5.03. The van der Waals surface area contributed by atoms with E-state index in [1.54, 1.807) is 12.2 Å². The molecule has 3 atom stereocenters. The Morgan fingerprint density at radius 2 is 1.59 bits per heavy atom. The van der Waals surface area contributed by atoms with Crippen molar-refractivity contribution in [2.45, 2.75) is 83.6 Å². The van der Waals surface area contributed by atoms with Gasteiger partial charge in [0.2, 0.25) is 6.29 Å². The Morgan fingerprint density at radius 1 is 1.00 bits per heavy atom. The molecular formula is C22H36O4Si. The van der Waals surface area contributed by atoms with Gasteiger partial charge < -0.3 is 19.0 Å². The second kappa shape index (κ2) is 8.07. The maximum absolute atomic E-state index is 10.2. The Morgan fingerprint density at radius 3 is 2.11 bits per heavy atom. The number of rotatable bonds is 5. The van der Waals surface area contributed by atoms with Crippen LogP contribution in [0.3, 0.4) is 0 Å². The quantitative estimate of drug-likeness (QED) is 0.564. The molecule has 1 aromatic rings. The van der Waals surface area contributed by atoms with E-state index in [1.807, 2.05) is 12.1 Å². The Kier molecular flexibility index (Phi) is 6.62. The summed E-state index contributed by atoms with van der Waals surface area (Å²) >= 11 is 0. The average Bonchev–Trinajstić information content (AvgIpc) is 2.54. The number of aliphatic hydroxyl groups excluding tert-OH is 1. The van der Waals surface area contributed by atoms with Gasteiger partial charge in [-0.15, -0.1) is 0 Å². The molecule has 0 unspecified atom stereocenters. The van der Waals surface area contributed by atoms with Crippen LogP contribution in [0.1, 0.15) is 47.1 Å². The third-order valence-electron chi connectivity index (χ3n) is 5.54. The first kappa shape index (κ1) is 22.1. The van der Waals surface area contributed by atoms with Gasteiger partial charge in [-0.25, -0.2) is 0 Å². The molecule has 27 heavy (non-hydrogen) atoms. The highest BCUT2D eigenvalue weighted by Crippen LogP contribution is 2.37. The lowest BCUT2D eigenvalue weighted by molar-refractivity contribution is -0.141. The van der Waals surface area contributed by atoms with Crippen molar-refractivity contribution in [2.75, 3.05) is 6.61 Å². The van der Waals surface area contributed by atoms with Crippen LogP contribution in [0, 0.1) is 0 Å². The Labute approximate surface area is 165 Å². The van der Waals surface area contributed by atoms with Crippen LogP contribution in [0.25, 0.3) is 0 Å². The molecule has 152 valence electrons. The first-order valence-corrected chi connectivity index (χ1v) is 12.6. The van der Waals surface area contributed by atoms with Crippen LogP contribution in [-0.4, -0.2) is 38.5 Å². The van der Waals surface area contributed by atoms with Gasteiger partial charge in [-0.1, -0.05) is 59.8 Å². The standard InChI is InChI=1S/C22H36O4Si/c1-21(2,3)16-9-11-17(12-10-16)25-20-14-13-18(23)19(26-20)15-24-27(7,8)22(4,5)6/h9-14,18-20,23H,15H2,1-8H3/t18-,19+,20+/m0/s1. The summed E-state index contributed by atoms with van der Waals surface area (Å²) in [4.78, 5) is 0. The maximum Gasteiger partial charge on any atom is 0.220 e. The van der Waals surface area contributed by atoms with Gasteiger partial charge in [-0.3, -0.25) is 0 Å². The Bertz CT molecular complexity index is 638. The van der Waals surface area contributed by atoms with E-state index in [-0.39, 0.29) is 10.5 Å². The van der Waals surface area contributed by atoms with E-state index in [0.29, 0.717) is 6.61 Å². The topological polar surface area (TPSA) is 47.9 Å². The van der Waals surface area contributed by atoms with Gasteiger partial charge >= 0.3 is 0 Å². The number of hydrogen-bond donors (Lipinski definition) is 1. The first-order chi connectivity index (χ1) is 12.3. The summed E-state index contributed by atoms with van der Waals surface area (Å²) in [6.07, 6.45) is 1.85. The van der Waals surface area contributed by atoms with Crippen LogP contribution in [0.5, 0.6) is 5.75 Å². The zero-order valence-corrected chi connectivity index (χ0v) is 19.1. The van der Waals surface area contributed by atoms with Gasteiger partial charge in [0.05, 0.1) is 6.61 Å². The van der Waals surface area contributed by atoms with Gasteiger partial charge in [0.15, 0.2) is 8.32 Å². The summed E-state index contributed by atoms with van der Waals surface area (Å²) in [5.74, 6) is 0.748. The zero-order chi connectivity index (χ0) is 20.5. The van der Waals surface area contributed by atoms with Crippen LogP contribution < -0.4 is 4.74 Å². The number of benzene rings is 1. The van der Waals surface area contributed by atoms with E-state index in [4.69, 9.17) is 13.9 Å². The van der Waals surface area contributed by atoms with Crippen molar-refractivity contribution >= 4 is 8.32 Å². The molecule has 1 aliphatic rings. The maximum atomic E-state index is 10.2. The fraction of sp³-hybridized carbons (Fsp3) is 0.636. The molecule has 0 spiro atoms. The Balaban J connectivity index is 1.97. The molecule has 0 aromatic heterocycles. The van der Waals surface area contributed by atoms with Crippen molar-refractivity contribution in [3.8, 4) is 5.75 Å². The molecule has 0 radical (unpaired) electrons. The van der Waals surface area contributed by atoms with Crippen molar-refractivity contribution in [1.29, 1.82) is 0 Å². The minimum absolute atomic E-state index is 0.107. The number of ether oxygens (including phenoxy) is 2. The summed E-state index contributed by atoms with van der Waals surface area (Å²) in [5.41, 5.74) is 1.36. The molecule has 0 amide bonds. The van der Waals surface area contributed by atoms with E-state index in [9.17, 15) is 5.11 Å².